The molecule has 0 bridgehead atoms. The first-order valence-electron chi connectivity index (χ1n) is 17.0. The summed E-state index contributed by atoms with van der Waals surface area (Å²) >= 11 is 0. The minimum atomic E-state index is -0.803. The summed E-state index contributed by atoms with van der Waals surface area (Å²) in [5.74, 6) is -1.18. The molecule has 8 nitrogen and oxygen atoms in total. The molecule has 2 aliphatic heterocycles. The van der Waals surface area contributed by atoms with Gasteiger partial charge in [0.25, 0.3) is 0 Å². The third-order valence-corrected chi connectivity index (χ3v) is 8.06. The summed E-state index contributed by atoms with van der Waals surface area (Å²) < 4.78 is 30.8. The Bertz CT molecular complexity index is 771. The van der Waals surface area contributed by atoms with Gasteiger partial charge < -0.3 is 29.0 Å². The van der Waals surface area contributed by atoms with Gasteiger partial charge in [-0.15, -0.1) is 0 Å². The van der Waals surface area contributed by atoms with Crippen LogP contribution < -0.4 is 5.32 Å². The SMILES string of the molecule is CC=CO[C@H]1O[C@@H]2COC(C)(C)O[C@H]2[C@H](OCCCCCCCCCC)[C@H]1NC(=O)CC(=O)CCCCCCCCC. The number of carbonyl (C=O) groups excluding carboxylic acids is 2. The molecule has 2 aliphatic rings. The van der Waals surface area contributed by atoms with Crippen molar-refractivity contribution in [1.29, 1.82) is 0 Å². The third-order valence-electron chi connectivity index (χ3n) is 8.06. The number of unbranched alkanes of at least 4 members (excludes halogenated alkanes) is 13. The Hall–Kier alpha value is -1.48. The van der Waals surface area contributed by atoms with Crippen molar-refractivity contribution in [2.45, 2.75) is 180 Å². The highest BCUT2D eigenvalue weighted by molar-refractivity contribution is 5.98. The van der Waals surface area contributed by atoms with Crippen LogP contribution in [0.1, 0.15) is 144 Å². The van der Waals surface area contributed by atoms with Crippen LogP contribution in [0.5, 0.6) is 0 Å². The lowest BCUT2D eigenvalue weighted by Crippen LogP contribution is -2.69. The molecule has 1 amide bonds. The van der Waals surface area contributed by atoms with Gasteiger partial charge in [0, 0.05) is 13.0 Å². The second-order valence-electron chi connectivity index (χ2n) is 12.4. The molecule has 0 aromatic carbocycles. The molecule has 244 valence electrons. The number of ketones is 1. The number of Topliss-reactive ketones (excluding diaryl/α,β-unsaturated/α-hetero) is 1. The van der Waals surface area contributed by atoms with E-state index < -0.39 is 36.4 Å². The van der Waals surface area contributed by atoms with Crippen molar-refractivity contribution in [3.63, 3.8) is 0 Å². The molecule has 0 unspecified atom stereocenters. The van der Waals surface area contributed by atoms with E-state index in [1.807, 2.05) is 20.8 Å². The van der Waals surface area contributed by atoms with Crippen molar-refractivity contribution in [3.8, 4) is 0 Å². The smallest absolute Gasteiger partial charge is 0.227 e. The van der Waals surface area contributed by atoms with Gasteiger partial charge in [-0.05, 0) is 33.6 Å². The maximum absolute atomic E-state index is 13.1. The number of hydrogen-bond donors (Lipinski definition) is 1. The van der Waals surface area contributed by atoms with Crippen LogP contribution in [0.3, 0.4) is 0 Å². The molecule has 2 fully saturated rings. The summed E-state index contributed by atoms with van der Waals surface area (Å²) in [4.78, 5) is 25.7. The molecule has 42 heavy (non-hydrogen) atoms. The Labute approximate surface area is 256 Å². The van der Waals surface area contributed by atoms with Gasteiger partial charge in [-0.2, -0.15) is 0 Å². The number of amides is 1. The van der Waals surface area contributed by atoms with Gasteiger partial charge in [0.2, 0.25) is 12.2 Å². The predicted molar refractivity (Wildman–Crippen MR) is 166 cm³/mol. The zero-order valence-corrected chi connectivity index (χ0v) is 27.3. The molecule has 0 aromatic heterocycles. The lowest BCUT2D eigenvalue weighted by atomic mass is 9.94. The molecule has 0 radical (unpaired) electrons. The van der Waals surface area contributed by atoms with E-state index in [4.69, 9.17) is 23.7 Å². The highest BCUT2D eigenvalue weighted by Gasteiger charge is 2.53. The van der Waals surface area contributed by atoms with E-state index in [1.165, 1.54) is 64.2 Å². The molecule has 0 aromatic rings. The second kappa shape index (κ2) is 21.3. The molecule has 5 atom stereocenters. The van der Waals surface area contributed by atoms with Crippen LogP contribution in [0.15, 0.2) is 12.3 Å². The van der Waals surface area contributed by atoms with Crippen molar-refractivity contribution >= 4 is 11.7 Å². The van der Waals surface area contributed by atoms with Crippen molar-refractivity contribution in [2.75, 3.05) is 13.2 Å². The number of fused-ring (bicyclic) bond motifs is 1. The monoisotopic (exact) mass is 595 g/mol. The summed E-state index contributed by atoms with van der Waals surface area (Å²) in [7, 11) is 0. The molecule has 0 spiro atoms. The summed E-state index contributed by atoms with van der Waals surface area (Å²) in [5.41, 5.74) is 0. The van der Waals surface area contributed by atoms with Crippen LogP contribution >= 0.6 is 0 Å². The van der Waals surface area contributed by atoms with Crippen LogP contribution in [0.4, 0.5) is 0 Å². The quantitative estimate of drug-likeness (QED) is 0.0742. The van der Waals surface area contributed by atoms with Crippen LogP contribution in [0.2, 0.25) is 0 Å². The molecular weight excluding hydrogens is 534 g/mol. The second-order valence-corrected chi connectivity index (χ2v) is 12.4. The minimum absolute atomic E-state index is 0.0403. The van der Waals surface area contributed by atoms with Crippen molar-refractivity contribution in [2.24, 2.45) is 0 Å². The lowest BCUT2D eigenvalue weighted by Gasteiger charge is -2.50. The van der Waals surface area contributed by atoms with Gasteiger partial charge in [-0.25, -0.2) is 0 Å². The maximum Gasteiger partial charge on any atom is 0.227 e. The number of carbonyl (C=O) groups is 2. The van der Waals surface area contributed by atoms with Crippen LogP contribution in [-0.2, 0) is 33.3 Å². The van der Waals surface area contributed by atoms with Gasteiger partial charge in [-0.3, -0.25) is 9.59 Å². The van der Waals surface area contributed by atoms with E-state index in [0.29, 0.717) is 19.6 Å². The van der Waals surface area contributed by atoms with E-state index >= 15 is 0 Å². The normalized spacial score (nSPS) is 25.3. The Balaban J connectivity index is 1.97. The molecule has 0 aliphatic carbocycles. The van der Waals surface area contributed by atoms with E-state index in [1.54, 1.807) is 12.3 Å². The number of allylic oxidation sites excluding steroid dienone is 1. The first-order chi connectivity index (χ1) is 20.3. The predicted octanol–water partition coefficient (Wildman–Crippen LogP) is 7.52. The molecular formula is C34H61NO7. The molecule has 2 heterocycles. The van der Waals surface area contributed by atoms with Crippen LogP contribution in [0, 0.1) is 0 Å². The van der Waals surface area contributed by atoms with E-state index in [9.17, 15) is 9.59 Å². The van der Waals surface area contributed by atoms with Gasteiger partial charge in [0.05, 0.1) is 19.3 Å². The first kappa shape index (κ1) is 36.7. The lowest BCUT2D eigenvalue weighted by molar-refractivity contribution is -0.368. The first-order valence-corrected chi connectivity index (χ1v) is 17.0. The third kappa shape index (κ3) is 14.3. The zero-order chi connectivity index (χ0) is 30.6. The Kier molecular flexibility index (Phi) is 18.6. The Morgan fingerprint density at radius 3 is 2.10 bits per heavy atom. The molecule has 2 saturated heterocycles. The van der Waals surface area contributed by atoms with Crippen LogP contribution in [0.25, 0.3) is 0 Å². The van der Waals surface area contributed by atoms with E-state index in [-0.39, 0.29) is 18.1 Å². The fraction of sp³-hybridized carbons (Fsp3) is 0.882. The topological polar surface area (TPSA) is 92.3 Å². The summed E-state index contributed by atoms with van der Waals surface area (Å²) in [6, 6.07) is -0.635. The Morgan fingerprint density at radius 2 is 1.48 bits per heavy atom. The standard InChI is InChI=1S/C34H61NO7/c1-6-9-11-13-15-17-19-21-24-38-32-30(35-29(37)25-27(36)22-20-18-16-14-12-10-7-2)33(39-23-8-3)41-28-26-40-34(4,5)42-31(28)32/h8,23,28,30-33H,6-7,9-22,24-26H2,1-5H3,(H,35,37)/t28-,30-,31-,32-,33+/m1/s1. The average molecular weight is 596 g/mol. The minimum Gasteiger partial charge on any atom is -0.471 e. The number of nitrogens with one attached hydrogen (secondary N) is 1. The summed E-state index contributed by atoms with van der Waals surface area (Å²) in [6.07, 6.45) is 19.1. The highest BCUT2D eigenvalue weighted by atomic mass is 16.8. The summed E-state index contributed by atoms with van der Waals surface area (Å²) in [6.45, 7) is 10.9. The van der Waals surface area contributed by atoms with Gasteiger partial charge in [0.1, 0.15) is 30.1 Å². The highest BCUT2D eigenvalue weighted by Crippen LogP contribution is 2.34. The fourth-order valence-corrected chi connectivity index (χ4v) is 5.69. The molecule has 1 N–H and O–H groups in total. The van der Waals surface area contributed by atoms with E-state index in [0.717, 1.165) is 32.1 Å². The largest absolute Gasteiger partial charge is 0.471 e. The van der Waals surface area contributed by atoms with Crippen LogP contribution in [-0.4, -0.2) is 61.3 Å². The molecule has 0 saturated carbocycles. The van der Waals surface area contributed by atoms with Crippen molar-refractivity contribution in [3.05, 3.63) is 12.3 Å². The van der Waals surface area contributed by atoms with E-state index in [2.05, 4.69) is 19.2 Å². The summed E-state index contributed by atoms with van der Waals surface area (Å²) in [5, 5.41) is 3.04. The van der Waals surface area contributed by atoms with Crippen molar-refractivity contribution < 1.29 is 33.3 Å². The van der Waals surface area contributed by atoms with Crippen molar-refractivity contribution in [1.82, 2.24) is 5.32 Å². The number of hydrogen-bond acceptors (Lipinski definition) is 7. The molecule has 2 rings (SSSR count). The van der Waals surface area contributed by atoms with Gasteiger partial charge in [0.15, 0.2) is 5.79 Å². The Morgan fingerprint density at radius 1 is 0.881 bits per heavy atom. The fourth-order valence-electron chi connectivity index (χ4n) is 5.69. The number of ether oxygens (including phenoxy) is 5. The number of rotatable bonds is 23. The molecule has 8 heteroatoms. The average Bonchev–Trinajstić information content (AvgIpc) is 2.95. The van der Waals surface area contributed by atoms with Gasteiger partial charge in [-0.1, -0.05) is 103 Å². The van der Waals surface area contributed by atoms with Gasteiger partial charge >= 0.3 is 0 Å². The maximum atomic E-state index is 13.1. The zero-order valence-electron chi connectivity index (χ0n) is 27.3.